The Balaban J connectivity index is 0.000000174. The molecule has 0 fully saturated rings. The first-order chi connectivity index (χ1) is 49.5. The van der Waals surface area contributed by atoms with Crippen LogP contribution in [0, 0.1) is 0 Å². The molecule has 0 aliphatic heterocycles. The van der Waals surface area contributed by atoms with Crippen LogP contribution in [0.1, 0.15) is 130 Å². The van der Waals surface area contributed by atoms with Gasteiger partial charge in [-0.2, -0.15) is 0 Å². The van der Waals surface area contributed by atoms with Crippen LogP contribution in [0.5, 0.6) is 0 Å². The Morgan fingerprint density at radius 1 is 0.255 bits per heavy atom. The van der Waals surface area contributed by atoms with E-state index in [0.717, 1.165) is 74.1 Å². The maximum Gasteiger partial charge on any atom is 0.171 e. The summed E-state index contributed by atoms with van der Waals surface area (Å²) in [5.41, 5.74) is 30.7. The van der Waals surface area contributed by atoms with E-state index >= 15 is 4.57 Å². The molecule has 0 unspecified atom stereocenters. The quantitative estimate of drug-likeness (QED) is 0.0669. The van der Waals surface area contributed by atoms with Crippen LogP contribution in [-0.4, -0.2) is 47.2 Å². The van der Waals surface area contributed by atoms with Crippen LogP contribution in [0.15, 0.2) is 273 Å². The van der Waals surface area contributed by atoms with Gasteiger partial charge < -0.3 is 19.3 Å². The van der Waals surface area contributed by atoms with E-state index in [0.29, 0.717) is 0 Å². The summed E-state index contributed by atoms with van der Waals surface area (Å²) in [6.07, 6.45) is 6.00. The van der Waals surface area contributed by atoms with Crippen molar-refractivity contribution in [3.8, 4) is 66.8 Å². The fourth-order valence-electron chi connectivity index (χ4n) is 17.6. The highest BCUT2D eigenvalue weighted by molar-refractivity contribution is 7.85. The van der Waals surface area contributed by atoms with Crippen molar-refractivity contribution in [2.45, 2.75) is 116 Å². The van der Waals surface area contributed by atoms with E-state index in [4.69, 9.17) is 0 Å². The molecule has 15 rings (SSSR count). The first-order valence-electron chi connectivity index (χ1n) is 37.2. The fraction of sp³-hybridized carbons (Fsp3) is 0.250. The number of hydrogen-bond donors (Lipinski definition) is 0. The molecule has 514 valence electrons. The van der Waals surface area contributed by atoms with Crippen LogP contribution < -0.4 is 30.6 Å². The molecule has 0 amide bonds. The molecule has 3 aliphatic rings. The normalized spacial score (nSPS) is 13.8. The highest BCUT2D eigenvalue weighted by atomic mass is 31.2. The van der Waals surface area contributed by atoms with Gasteiger partial charge >= 0.3 is 0 Å². The van der Waals surface area contributed by atoms with Crippen LogP contribution in [0.4, 0.5) is 17.1 Å². The number of hydrogen-bond acceptors (Lipinski definition) is 5. The maximum absolute atomic E-state index is 17.0. The van der Waals surface area contributed by atoms with Gasteiger partial charge in [-0.25, -0.2) is 0 Å². The fourth-order valence-corrected chi connectivity index (χ4v) is 20.3. The number of anilines is 3. The number of fused-ring (bicyclic) bond motifs is 9. The molecule has 0 spiro atoms. The minimum Gasteiger partial charge on any atom is -0.378 e. The van der Waals surface area contributed by atoms with Gasteiger partial charge in [0.05, 0.1) is 0 Å². The molecule has 0 radical (unpaired) electrons. The number of benzene rings is 12. The van der Waals surface area contributed by atoms with E-state index in [1.54, 1.807) is 0 Å². The second-order valence-corrected chi connectivity index (χ2v) is 32.1. The van der Waals surface area contributed by atoms with Crippen molar-refractivity contribution in [1.82, 2.24) is 4.90 Å². The summed E-state index contributed by atoms with van der Waals surface area (Å²) >= 11 is 0. The lowest BCUT2D eigenvalue weighted by Crippen LogP contribution is -2.31. The average molecular weight is 1360 g/mol. The van der Waals surface area contributed by atoms with Crippen LogP contribution >= 0.6 is 7.14 Å². The van der Waals surface area contributed by atoms with Crippen LogP contribution in [0.2, 0.25) is 0 Å². The van der Waals surface area contributed by atoms with Crippen molar-refractivity contribution >= 4 is 40.1 Å². The minimum absolute atomic E-state index is 0.106. The van der Waals surface area contributed by atoms with Gasteiger partial charge in [0.1, 0.15) is 0 Å². The Kier molecular flexibility index (Phi) is 19.4. The molecular weight excluding hydrogens is 1260 g/mol. The molecule has 12 aromatic carbocycles. The molecule has 0 atom stereocenters. The summed E-state index contributed by atoms with van der Waals surface area (Å²) in [6, 6.07) is 101. The van der Waals surface area contributed by atoms with Crippen molar-refractivity contribution in [3.05, 3.63) is 323 Å². The van der Waals surface area contributed by atoms with Crippen molar-refractivity contribution < 1.29 is 4.57 Å². The van der Waals surface area contributed by atoms with E-state index < -0.39 is 7.14 Å². The zero-order valence-corrected chi connectivity index (χ0v) is 62.9. The summed E-state index contributed by atoms with van der Waals surface area (Å²) in [6.45, 7) is 16.5. The van der Waals surface area contributed by atoms with Crippen molar-refractivity contribution in [3.63, 3.8) is 0 Å². The van der Waals surface area contributed by atoms with Crippen LogP contribution in [-0.2, 0) is 40.4 Å². The Morgan fingerprint density at radius 3 is 0.696 bits per heavy atom. The van der Waals surface area contributed by atoms with Gasteiger partial charge in [0.25, 0.3) is 0 Å². The third-order valence-corrected chi connectivity index (χ3v) is 26.7. The number of nitrogens with zero attached hydrogens (tertiary/aromatic N) is 4. The van der Waals surface area contributed by atoms with E-state index in [1.165, 1.54) is 134 Å². The third kappa shape index (κ3) is 12.2. The van der Waals surface area contributed by atoms with Gasteiger partial charge in [-0.1, -0.05) is 260 Å². The van der Waals surface area contributed by atoms with Gasteiger partial charge in [0.15, 0.2) is 7.14 Å². The smallest absolute Gasteiger partial charge is 0.171 e. The first kappa shape index (κ1) is 69.3. The Morgan fingerprint density at radius 2 is 0.471 bits per heavy atom. The molecule has 3 aliphatic carbocycles. The summed E-state index contributed by atoms with van der Waals surface area (Å²) in [7, 11) is 9.06. The first-order valence-corrected chi connectivity index (χ1v) is 38.9. The Bertz CT molecular complexity index is 4510. The van der Waals surface area contributed by atoms with Gasteiger partial charge in [0.2, 0.25) is 0 Å². The van der Waals surface area contributed by atoms with Gasteiger partial charge in [-0.15, -0.1) is 0 Å². The molecule has 0 heterocycles. The number of rotatable bonds is 21. The monoisotopic (exact) mass is 1350 g/mol. The van der Waals surface area contributed by atoms with Gasteiger partial charge in [0, 0.05) is 111 Å². The molecule has 5 nitrogen and oxygen atoms in total. The van der Waals surface area contributed by atoms with Gasteiger partial charge in [-0.05, 0) is 210 Å². The zero-order chi connectivity index (χ0) is 71.1. The largest absolute Gasteiger partial charge is 0.378 e. The van der Waals surface area contributed by atoms with E-state index in [1.807, 2.05) is 0 Å². The maximum atomic E-state index is 17.0. The molecule has 0 N–H and O–H groups in total. The van der Waals surface area contributed by atoms with E-state index in [-0.39, 0.29) is 16.2 Å². The Hall–Kier alpha value is -9.77. The summed E-state index contributed by atoms with van der Waals surface area (Å²) in [4.78, 5) is 8.94. The molecule has 102 heavy (non-hydrogen) atoms. The predicted molar refractivity (Wildman–Crippen MR) is 438 cm³/mol. The predicted octanol–water partition coefficient (Wildman–Crippen LogP) is 22.7. The third-order valence-electron chi connectivity index (χ3n) is 23.7. The molecule has 6 heteroatoms. The zero-order valence-electron chi connectivity index (χ0n) is 62.0. The lowest BCUT2D eigenvalue weighted by Gasteiger charge is -2.32. The highest BCUT2D eigenvalue weighted by Gasteiger charge is 2.46. The molecule has 0 bridgehead atoms. The van der Waals surface area contributed by atoms with Gasteiger partial charge in [-0.3, -0.25) is 4.90 Å². The van der Waals surface area contributed by atoms with Crippen molar-refractivity contribution in [2.24, 2.45) is 0 Å². The molecule has 0 saturated heterocycles. The van der Waals surface area contributed by atoms with Crippen LogP contribution in [0.3, 0.4) is 0 Å². The van der Waals surface area contributed by atoms with Crippen molar-refractivity contribution in [2.75, 3.05) is 57.0 Å². The summed E-state index contributed by atoms with van der Waals surface area (Å²) in [5, 5.41) is 2.83. The average Bonchev–Trinajstić information content (AvgIpc) is 1.52. The second-order valence-electron chi connectivity index (χ2n) is 29.4. The molecule has 0 saturated carbocycles. The van der Waals surface area contributed by atoms with Crippen LogP contribution in [0.25, 0.3) is 66.8 Å². The molecule has 0 aromatic heterocycles. The van der Waals surface area contributed by atoms with E-state index in [2.05, 4.69) is 376 Å². The second kappa shape index (κ2) is 28.6. The van der Waals surface area contributed by atoms with E-state index in [9.17, 15) is 0 Å². The molecular formula is C96H99N4OP. The summed E-state index contributed by atoms with van der Waals surface area (Å²) < 4.78 is 17.0. The minimum atomic E-state index is -3.39. The lowest BCUT2D eigenvalue weighted by molar-refractivity contribution is 0.248. The SMILES string of the molecule is CCC1(CC)c2ccccc2-c2ccc(P(=O)(c3ccc4c(c3)C(CC)(CC)c3ccccc3-4)c3ccc4c(c3)C(CC)(CC)c3ccccc3-4)cc21.CN(C)c1ccc(-c2ccc(CN(Cc3ccc(-c4ccc(N(C)C)cc4)cc3)Cc3ccc(-c4ccc(N(C)C)cc4)cc3)cc2)cc1. The standard InChI is InChI=1S/C51H51OP.C45H48N4/c1-7-49(8-2)43-22-16-13-19-37(43)40-28-25-34(31-46(40)49)53(52,35-26-29-41-38-20-14-17-23-44(38)50(9-3,10-4)47(41)32-35)36-27-30-42-39-21-15-18-24-45(39)51(11-5,12-6)48(42)33-36;1-46(2)43-25-19-40(20-26-43)37-13-7-34(8-14-37)31-49(32-35-9-15-38(16-10-35)41-21-27-44(28-22-41)47(3)4)33-36-11-17-39(18-12-36)42-23-29-45(30-24-42)48(5)6/h13-33H,7-12H2,1-6H3;7-30H,31-33H2,1-6H3. The topological polar surface area (TPSA) is 30.0 Å². The summed E-state index contributed by atoms with van der Waals surface area (Å²) in [5.74, 6) is 0. The van der Waals surface area contributed by atoms with Crippen molar-refractivity contribution in [1.29, 1.82) is 0 Å². The highest BCUT2D eigenvalue weighted by Crippen LogP contribution is 2.58. The molecule has 12 aromatic rings. The Labute approximate surface area is 608 Å². The lowest BCUT2D eigenvalue weighted by atomic mass is 9.74.